The minimum atomic E-state index is -0.396. The van der Waals surface area contributed by atoms with Crippen LogP contribution in [0, 0.1) is 6.20 Å². The van der Waals surface area contributed by atoms with Gasteiger partial charge >= 0.3 is 5.69 Å². The summed E-state index contributed by atoms with van der Waals surface area (Å²) < 4.78 is 1.57. The summed E-state index contributed by atoms with van der Waals surface area (Å²) >= 11 is 0. The van der Waals surface area contributed by atoms with Gasteiger partial charge in [0.05, 0.1) is 0 Å². The van der Waals surface area contributed by atoms with Crippen molar-refractivity contribution in [3.63, 3.8) is 0 Å². The van der Waals surface area contributed by atoms with Crippen LogP contribution >= 0.6 is 0 Å². The van der Waals surface area contributed by atoms with Crippen molar-refractivity contribution in [1.82, 2.24) is 19.4 Å². The van der Waals surface area contributed by atoms with E-state index in [0.29, 0.717) is 5.78 Å². The number of hydrogen-bond donors (Lipinski definition) is 1. The Morgan fingerprint density at radius 3 is 3.50 bits per heavy atom. The molecule has 0 saturated heterocycles. The van der Waals surface area contributed by atoms with Gasteiger partial charge in [-0.2, -0.15) is 4.98 Å². The van der Waals surface area contributed by atoms with E-state index >= 15 is 0 Å². The fraction of sp³-hybridized carbons (Fsp3) is 0. The summed E-state index contributed by atoms with van der Waals surface area (Å²) in [6, 6.07) is 0. The monoisotopic (exact) mass is 135 g/mol. The summed E-state index contributed by atoms with van der Waals surface area (Å²) in [5.74, 6) is 0.458. The Labute approximate surface area is 55.4 Å². The normalized spacial score (nSPS) is 10.4. The van der Waals surface area contributed by atoms with Gasteiger partial charge in [-0.05, 0) is 0 Å². The summed E-state index contributed by atoms with van der Waals surface area (Å²) in [6.45, 7) is 0. The van der Waals surface area contributed by atoms with Gasteiger partial charge in [-0.3, -0.25) is 9.38 Å². The van der Waals surface area contributed by atoms with E-state index < -0.39 is 5.69 Å². The van der Waals surface area contributed by atoms with E-state index in [1.54, 1.807) is 10.6 Å². The van der Waals surface area contributed by atoms with Gasteiger partial charge in [-0.25, -0.2) is 9.78 Å². The van der Waals surface area contributed by atoms with Crippen LogP contribution in [0.15, 0.2) is 17.3 Å². The van der Waals surface area contributed by atoms with Crippen molar-refractivity contribution in [3.8, 4) is 0 Å². The summed E-state index contributed by atoms with van der Waals surface area (Å²) in [5.41, 5.74) is -0.396. The smallest absolute Gasteiger partial charge is 0.275 e. The van der Waals surface area contributed by atoms with E-state index in [1.807, 2.05) is 0 Å². The molecule has 1 N–H and O–H groups in total. The molecule has 5 nitrogen and oxygen atoms in total. The third-order valence-electron chi connectivity index (χ3n) is 1.13. The van der Waals surface area contributed by atoms with E-state index in [2.05, 4.69) is 21.1 Å². The lowest BCUT2D eigenvalue weighted by atomic mass is 10.9. The molecule has 1 radical (unpaired) electrons. The van der Waals surface area contributed by atoms with E-state index in [-0.39, 0.29) is 0 Å². The number of aromatic nitrogens is 4. The van der Waals surface area contributed by atoms with Gasteiger partial charge < -0.3 is 0 Å². The number of fused-ring (bicyclic) bond motifs is 1. The molecule has 2 rings (SSSR count). The van der Waals surface area contributed by atoms with Crippen LogP contribution in [-0.2, 0) is 0 Å². The predicted molar refractivity (Wildman–Crippen MR) is 32.4 cm³/mol. The van der Waals surface area contributed by atoms with Gasteiger partial charge in [0.2, 0.25) is 5.78 Å². The number of imidazole rings is 1. The van der Waals surface area contributed by atoms with Crippen LogP contribution in [-0.4, -0.2) is 19.4 Å². The average molecular weight is 135 g/mol. The fourth-order valence-corrected chi connectivity index (χ4v) is 0.694. The van der Waals surface area contributed by atoms with Gasteiger partial charge in [-0.1, -0.05) is 0 Å². The molecule has 5 heteroatoms. The summed E-state index contributed by atoms with van der Waals surface area (Å²) in [5, 5.41) is 0. The molecule has 10 heavy (non-hydrogen) atoms. The maximum absolute atomic E-state index is 10.5. The molecule has 2 aromatic rings. The van der Waals surface area contributed by atoms with E-state index in [0.717, 1.165) is 0 Å². The number of nitrogens with one attached hydrogen (secondary N) is 1. The van der Waals surface area contributed by atoms with Gasteiger partial charge in [0.25, 0.3) is 0 Å². The first-order valence-electron chi connectivity index (χ1n) is 2.66. The van der Waals surface area contributed by atoms with Gasteiger partial charge in [-0.15, -0.1) is 0 Å². The first-order chi connectivity index (χ1) is 4.86. The molecule has 0 unspecified atom stereocenters. The maximum Gasteiger partial charge on any atom is 0.349 e. The van der Waals surface area contributed by atoms with Crippen molar-refractivity contribution in [2.45, 2.75) is 0 Å². The third kappa shape index (κ3) is 0.604. The quantitative estimate of drug-likeness (QED) is 0.515. The molecule has 0 aliphatic heterocycles. The van der Waals surface area contributed by atoms with Crippen molar-refractivity contribution < 1.29 is 0 Å². The Balaban J connectivity index is 2.99. The molecule has 0 aliphatic rings. The Morgan fingerprint density at radius 2 is 2.60 bits per heavy atom. The number of hydrogen-bond acceptors (Lipinski definition) is 3. The molecule has 0 amide bonds. The minimum Gasteiger partial charge on any atom is -0.275 e. The molecular weight excluding hydrogens is 132 g/mol. The first kappa shape index (κ1) is 5.16. The zero-order valence-corrected chi connectivity index (χ0v) is 4.90. The van der Waals surface area contributed by atoms with E-state index in [9.17, 15) is 4.79 Å². The molecule has 0 aliphatic carbocycles. The predicted octanol–water partition coefficient (Wildman–Crippen LogP) is -0.782. The SMILES string of the molecule is O=c1ncn2c[c]nc2[nH]1. The lowest BCUT2D eigenvalue weighted by Gasteiger charge is -1.86. The highest BCUT2D eigenvalue weighted by atomic mass is 16.1. The standard InChI is InChI=1S/C5H3N4O/c10-5-7-3-9-2-1-6-4(9)8-5/h2-3H,(H,6,8,10). The largest absolute Gasteiger partial charge is 0.349 e. The maximum atomic E-state index is 10.5. The van der Waals surface area contributed by atoms with Crippen molar-refractivity contribution in [2.24, 2.45) is 0 Å². The molecule has 49 valence electrons. The molecule has 0 atom stereocenters. The Hall–Kier alpha value is -1.65. The Kier molecular flexibility index (Phi) is 0.858. The molecule has 0 spiro atoms. The van der Waals surface area contributed by atoms with Crippen molar-refractivity contribution >= 4 is 5.78 Å². The van der Waals surface area contributed by atoms with E-state index in [1.165, 1.54) is 6.33 Å². The highest BCUT2D eigenvalue weighted by Crippen LogP contribution is 1.86. The molecule has 0 fully saturated rings. The second-order valence-electron chi connectivity index (χ2n) is 1.78. The highest BCUT2D eigenvalue weighted by Gasteiger charge is 1.91. The molecule has 2 heterocycles. The molecule has 2 aromatic heterocycles. The Morgan fingerprint density at radius 1 is 1.70 bits per heavy atom. The van der Waals surface area contributed by atoms with E-state index in [4.69, 9.17) is 0 Å². The molecule has 0 aromatic carbocycles. The summed E-state index contributed by atoms with van der Waals surface area (Å²) in [4.78, 5) is 20.2. The molecule has 0 saturated carbocycles. The van der Waals surface area contributed by atoms with Gasteiger partial charge in [0.15, 0.2) is 0 Å². The lowest BCUT2D eigenvalue weighted by molar-refractivity contribution is 0.963. The highest BCUT2D eigenvalue weighted by molar-refractivity contribution is 5.23. The van der Waals surface area contributed by atoms with Crippen LogP contribution < -0.4 is 5.69 Å². The number of H-pyrrole nitrogens is 1. The van der Waals surface area contributed by atoms with Crippen molar-refractivity contribution in [1.29, 1.82) is 0 Å². The number of rotatable bonds is 0. The van der Waals surface area contributed by atoms with Gasteiger partial charge in [0, 0.05) is 6.20 Å². The lowest BCUT2D eigenvalue weighted by Crippen LogP contribution is -2.11. The zero-order valence-electron chi connectivity index (χ0n) is 4.90. The van der Waals surface area contributed by atoms with Crippen LogP contribution in [0.1, 0.15) is 0 Å². The van der Waals surface area contributed by atoms with Crippen LogP contribution in [0.5, 0.6) is 0 Å². The summed E-state index contributed by atoms with van der Waals surface area (Å²) in [6.07, 6.45) is 5.54. The second-order valence-corrected chi connectivity index (χ2v) is 1.78. The summed E-state index contributed by atoms with van der Waals surface area (Å²) in [7, 11) is 0. The second kappa shape index (κ2) is 1.66. The third-order valence-corrected chi connectivity index (χ3v) is 1.13. The fourth-order valence-electron chi connectivity index (χ4n) is 0.694. The van der Waals surface area contributed by atoms with Gasteiger partial charge in [0.1, 0.15) is 12.5 Å². The van der Waals surface area contributed by atoms with Crippen molar-refractivity contribution in [2.75, 3.05) is 0 Å². The minimum absolute atomic E-state index is 0.396. The van der Waals surface area contributed by atoms with Crippen LogP contribution in [0.3, 0.4) is 0 Å². The first-order valence-corrected chi connectivity index (χ1v) is 2.66. The van der Waals surface area contributed by atoms with Crippen LogP contribution in [0.4, 0.5) is 0 Å². The zero-order chi connectivity index (χ0) is 6.97. The number of nitrogens with zero attached hydrogens (tertiary/aromatic N) is 3. The topological polar surface area (TPSA) is 63.1 Å². The van der Waals surface area contributed by atoms with Crippen LogP contribution in [0.25, 0.3) is 5.78 Å². The Bertz CT molecular complexity index is 401. The van der Waals surface area contributed by atoms with Crippen LogP contribution in [0.2, 0.25) is 0 Å². The number of aromatic amines is 1. The van der Waals surface area contributed by atoms with Crippen molar-refractivity contribution in [3.05, 3.63) is 29.2 Å². The average Bonchev–Trinajstić information content (AvgIpc) is 2.33. The molecular formula is C5H3N4O. The molecule has 0 bridgehead atoms.